The van der Waals surface area contributed by atoms with E-state index in [2.05, 4.69) is 42.5 Å². The lowest BCUT2D eigenvalue weighted by Crippen LogP contribution is -2.38. The summed E-state index contributed by atoms with van der Waals surface area (Å²) in [5, 5.41) is 37.4. The second-order valence-corrected chi connectivity index (χ2v) is 6.51. The molecule has 0 aliphatic heterocycles. The first-order valence-electron chi connectivity index (χ1n) is 7.88. The van der Waals surface area contributed by atoms with Crippen molar-refractivity contribution in [3.05, 3.63) is 59.7 Å². The zero-order valence-electron chi connectivity index (χ0n) is 12.4. The molecule has 0 saturated carbocycles. The molecule has 0 radical (unpaired) electrons. The SMILES string of the molecule is O[C@H]1[C@@H](O)Cc2c(cc3ccc4cccc5ccc2c3c45)[C@@H]1O. The van der Waals surface area contributed by atoms with Crippen LogP contribution in [0.15, 0.2) is 48.5 Å². The Hall–Kier alpha value is -2.20. The molecule has 23 heavy (non-hydrogen) atoms. The lowest BCUT2D eigenvalue weighted by atomic mass is 9.80. The average Bonchev–Trinajstić information content (AvgIpc) is 2.58. The molecule has 0 spiro atoms. The Bertz CT molecular complexity index is 1040. The molecule has 4 aromatic carbocycles. The van der Waals surface area contributed by atoms with Gasteiger partial charge in [-0.3, -0.25) is 0 Å². The van der Waals surface area contributed by atoms with E-state index in [9.17, 15) is 15.3 Å². The first-order chi connectivity index (χ1) is 11.1. The van der Waals surface area contributed by atoms with Gasteiger partial charge in [0, 0.05) is 6.42 Å². The fraction of sp³-hybridized carbons (Fsp3) is 0.200. The summed E-state index contributed by atoms with van der Waals surface area (Å²) in [7, 11) is 0. The molecular formula is C20H16O3. The summed E-state index contributed by atoms with van der Waals surface area (Å²) in [6.45, 7) is 0. The van der Waals surface area contributed by atoms with Crippen molar-refractivity contribution in [2.24, 2.45) is 0 Å². The van der Waals surface area contributed by atoms with Crippen molar-refractivity contribution in [1.29, 1.82) is 0 Å². The third-order valence-corrected chi connectivity index (χ3v) is 5.24. The number of benzene rings is 4. The molecule has 3 nitrogen and oxygen atoms in total. The summed E-state index contributed by atoms with van der Waals surface area (Å²) in [4.78, 5) is 0. The third kappa shape index (κ3) is 1.64. The Morgan fingerprint density at radius 2 is 1.48 bits per heavy atom. The zero-order valence-corrected chi connectivity index (χ0v) is 12.4. The molecule has 0 heterocycles. The molecule has 1 aliphatic carbocycles. The molecule has 0 saturated heterocycles. The van der Waals surface area contributed by atoms with Crippen LogP contribution < -0.4 is 0 Å². The van der Waals surface area contributed by atoms with Crippen LogP contribution in [0.25, 0.3) is 32.3 Å². The molecule has 3 heteroatoms. The summed E-state index contributed by atoms with van der Waals surface area (Å²) >= 11 is 0. The van der Waals surface area contributed by atoms with E-state index in [0.717, 1.165) is 21.9 Å². The Kier molecular flexibility index (Phi) is 2.55. The lowest BCUT2D eigenvalue weighted by molar-refractivity contribution is -0.0682. The highest BCUT2D eigenvalue weighted by Crippen LogP contribution is 2.41. The van der Waals surface area contributed by atoms with Gasteiger partial charge >= 0.3 is 0 Å². The van der Waals surface area contributed by atoms with Crippen LogP contribution in [0.4, 0.5) is 0 Å². The highest BCUT2D eigenvalue weighted by molar-refractivity contribution is 6.23. The zero-order chi connectivity index (χ0) is 15.7. The van der Waals surface area contributed by atoms with Crippen LogP contribution in [0.3, 0.4) is 0 Å². The first-order valence-corrected chi connectivity index (χ1v) is 7.88. The van der Waals surface area contributed by atoms with Gasteiger partial charge in [0.05, 0.1) is 6.10 Å². The predicted octanol–water partition coefficient (Wildman–Crippen LogP) is 2.90. The van der Waals surface area contributed by atoms with Crippen molar-refractivity contribution in [2.75, 3.05) is 0 Å². The molecule has 0 unspecified atom stereocenters. The predicted molar refractivity (Wildman–Crippen MR) is 90.8 cm³/mol. The Morgan fingerprint density at radius 1 is 0.783 bits per heavy atom. The standard InChI is InChI=1S/C20H16O3/c21-16-9-14-13-7-6-11-3-1-2-10-4-5-12(18(13)17(10)11)8-15(14)19(22)20(16)23/h1-8,16,19-23H,9H2/t16-,19-,20-/m0/s1. The van der Waals surface area contributed by atoms with Crippen LogP contribution in [0.2, 0.25) is 0 Å². The van der Waals surface area contributed by atoms with E-state index in [1.54, 1.807) is 0 Å². The third-order valence-electron chi connectivity index (χ3n) is 5.24. The van der Waals surface area contributed by atoms with E-state index in [1.165, 1.54) is 21.5 Å². The Labute approximate surface area is 132 Å². The van der Waals surface area contributed by atoms with Crippen LogP contribution in [0, 0.1) is 0 Å². The van der Waals surface area contributed by atoms with E-state index in [4.69, 9.17) is 0 Å². The van der Waals surface area contributed by atoms with Crippen LogP contribution in [0.1, 0.15) is 17.2 Å². The molecule has 3 atom stereocenters. The second-order valence-electron chi connectivity index (χ2n) is 6.51. The van der Waals surface area contributed by atoms with Gasteiger partial charge in [0.25, 0.3) is 0 Å². The van der Waals surface area contributed by atoms with Gasteiger partial charge in [-0.2, -0.15) is 0 Å². The Balaban J connectivity index is 1.99. The molecule has 4 aromatic rings. The molecule has 0 fully saturated rings. The minimum absolute atomic E-state index is 0.363. The van der Waals surface area contributed by atoms with E-state index in [0.29, 0.717) is 6.42 Å². The number of aliphatic hydroxyl groups is 3. The van der Waals surface area contributed by atoms with E-state index in [-0.39, 0.29) is 0 Å². The Morgan fingerprint density at radius 3 is 2.26 bits per heavy atom. The largest absolute Gasteiger partial charge is 0.390 e. The van der Waals surface area contributed by atoms with E-state index < -0.39 is 18.3 Å². The van der Waals surface area contributed by atoms with Gasteiger partial charge in [-0.15, -0.1) is 0 Å². The normalized spacial score (nSPS) is 24.6. The molecule has 114 valence electrons. The van der Waals surface area contributed by atoms with Crippen molar-refractivity contribution in [1.82, 2.24) is 0 Å². The molecule has 0 amide bonds. The van der Waals surface area contributed by atoms with E-state index in [1.807, 2.05) is 6.07 Å². The fourth-order valence-corrected chi connectivity index (χ4v) is 4.11. The molecular weight excluding hydrogens is 288 g/mol. The lowest BCUT2D eigenvalue weighted by Gasteiger charge is -2.32. The van der Waals surface area contributed by atoms with Gasteiger partial charge in [0.1, 0.15) is 12.2 Å². The number of hydrogen-bond acceptors (Lipinski definition) is 3. The maximum atomic E-state index is 10.4. The second kappa shape index (κ2) is 4.42. The van der Waals surface area contributed by atoms with Gasteiger partial charge in [0.2, 0.25) is 0 Å². The molecule has 1 aliphatic rings. The number of fused-ring (bicyclic) bond motifs is 2. The average molecular weight is 304 g/mol. The molecule has 3 N–H and O–H groups in total. The van der Waals surface area contributed by atoms with Crippen LogP contribution in [-0.2, 0) is 6.42 Å². The number of hydrogen-bond donors (Lipinski definition) is 3. The summed E-state index contributed by atoms with van der Waals surface area (Å²) in [5.74, 6) is 0. The van der Waals surface area contributed by atoms with Gasteiger partial charge in [0.15, 0.2) is 0 Å². The van der Waals surface area contributed by atoms with Crippen molar-refractivity contribution < 1.29 is 15.3 Å². The van der Waals surface area contributed by atoms with Crippen molar-refractivity contribution in [3.63, 3.8) is 0 Å². The summed E-state index contributed by atoms with van der Waals surface area (Å²) < 4.78 is 0. The maximum Gasteiger partial charge on any atom is 0.110 e. The van der Waals surface area contributed by atoms with Gasteiger partial charge in [-0.25, -0.2) is 0 Å². The quantitative estimate of drug-likeness (QED) is 0.438. The fourth-order valence-electron chi connectivity index (χ4n) is 4.11. The topological polar surface area (TPSA) is 60.7 Å². The minimum atomic E-state index is -1.13. The van der Waals surface area contributed by atoms with Crippen LogP contribution >= 0.6 is 0 Å². The van der Waals surface area contributed by atoms with Gasteiger partial charge in [-0.05, 0) is 49.5 Å². The van der Waals surface area contributed by atoms with Crippen molar-refractivity contribution in [2.45, 2.75) is 24.7 Å². The summed E-state index contributed by atoms with van der Waals surface area (Å²) in [6.07, 6.45) is -2.75. The molecule has 0 aromatic heterocycles. The highest BCUT2D eigenvalue weighted by atomic mass is 16.4. The number of aliphatic hydroxyl groups excluding tert-OH is 3. The first kappa shape index (κ1) is 13.3. The smallest absolute Gasteiger partial charge is 0.110 e. The molecule has 5 rings (SSSR count). The number of rotatable bonds is 0. The highest BCUT2D eigenvalue weighted by Gasteiger charge is 2.34. The van der Waals surface area contributed by atoms with Crippen LogP contribution in [-0.4, -0.2) is 27.5 Å². The van der Waals surface area contributed by atoms with Crippen LogP contribution in [0.5, 0.6) is 0 Å². The van der Waals surface area contributed by atoms with Gasteiger partial charge in [-0.1, -0.05) is 42.5 Å². The summed E-state index contributed by atoms with van der Waals surface area (Å²) in [6, 6.07) is 16.5. The van der Waals surface area contributed by atoms with Gasteiger partial charge < -0.3 is 15.3 Å². The summed E-state index contributed by atoms with van der Waals surface area (Å²) in [5.41, 5.74) is 1.68. The van der Waals surface area contributed by atoms with Crippen molar-refractivity contribution in [3.8, 4) is 0 Å². The minimum Gasteiger partial charge on any atom is -0.390 e. The van der Waals surface area contributed by atoms with E-state index >= 15 is 0 Å². The molecule has 0 bridgehead atoms. The van der Waals surface area contributed by atoms with Crippen molar-refractivity contribution >= 4 is 32.3 Å². The monoisotopic (exact) mass is 304 g/mol. The maximum absolute atomic E-state index is 10.4.